The lowest BCUT2D eigenvalue weighted by atomic mass is 10.0. The van der Waals surface area contributed by atoms with Crippen molar-refractivity contribution in [2.45, 2.75) is 38.3 Å². The summed E-state index contributed by atoms with van der Waals surface area (Å²) in [5.41, 5.74) is 8.15. The van der Waals surface area contributed by atoms with Gasteiger partial charge in [-0.3, -0.25) is 4.79 Å². The van der Waals surface area contributed by atoms with Crippen LogP contribution >= 0.6 is 11.6 Å². The third-order valence-electron chi connectivity index (χ3n) is 5.03. The van der Waals surface area contributed by atoms with Gasteiger partial charge in [-0.1, -0.05) is 17.7 Å². The van der Waals surface area contributed by atoms with Gasteiger partial charge >= 0.3 is 0 Å². The molecule has 0 unspecified atom stereocenters. The van der Waals surface area contributed by atoms with E-state index in [1.54, 1.807) is 6.07 Å². The average molecular weight is 402 g/mol. The number of ether oxygens (including phenoxy) is 1. The maximum Gasteiger partial charge on any atom is 0.251 e. The molecule has 28 heavy (non-hydrogen) atoms. The van der Waals surface area contributed by atoms with E-state index in [4.69, 9.17) is 22.1 Å². The molecule has 2 aliphatic rings. The van der Waals surface area contributed by atoms with Gasteiger partial charge in [-0.15, -0.1) is 0 Å². The maximum atomic E-state index is 12.3. The van der Waals surface area contributed by atoms with Gasteiger partial charge in [0.1, 0.15) is 5.82 Å². The highest BCUT2D eigenvalue weighted by Crippen LogP contribution is 2.33. The van der Waals surface area contributed by atoms with Gasteiger partial charge in [0.05, 0.1) is 12.6 Å². The summed E-state index contributed by atoms with van der Waals surface area (Å²) in [6.07, 6.45) is 2.97. The number of carbonyl (C=O) groups is 1. The van der Waals surface area contributed by atoms with E-state index in [9.17, 15) is 4.79 Å². The summed E-state index contributed by atoms with van der Waals surface area (Å²) in [7, 11) is 0. The Kier molecular flexibility index (Phi) is 5.37. The van der Waals surface area contributed by atoms with Gasteiger partial charge in [0.15, 0.2) is 0 Å². The Morgan fingerprint density at radius 1 is 1.32 bits per heavy atom. The molecule has 1 saturated heterocycles. The summed E-state index contributed by atoms with van der Waals surface area (Å²) >= 11 is 6.61. The Balaban J connectivity index is 1.64. The molecule has 2 heterocycles. The molecule has 1 amide bonds. The molecule has 0 radical (unpaired) electrons. The summed E-state index contributed by atoms with van der Waals surface area (Å²) in [5.74, 6) is 0.924. The highest BCUT2D eigenvalue weighted by atomic mass is 35.5. The van der Waals surface area contributed by atoms with Crippen LogP contribution in [0.4, 0.5) is 11.8 Å². The van der Waals surface area contributed by atoms with Gasteiger partial charge in [-0.05, 0) is 43.9 Å². The van der Waals surface area contributed by atoms with Gasteiger partial charge in [0, 0.05) is 41.5 Å². The fourth-order valence-electron chi connectivity index (χ4n) is 3.47. The van der Waals surface area contributed by atoms with Crippen molar-refractivity contribution in [3.05, 3.63) is 46.1 Å². The summed E-state index contributed by atoms with van der Waals surface area (Å²) < 4.78 is 5.81. The van der Waals surface area contributed by atoms with E-state index in [0.717, 1.165) is 42.9 Å². The maximum absolute atomic E-state index is 12.3. The van der Waals surface area contributed by atoms with E-state index in [2.05, 4.69) is 20.2 Å². The quantitative estimate of drug-likeness (QED) is 0.818. The van der Waals surface area contributed by atoms with Gasteiger partial charge in [-0.2, -0.15) is 4.98 Å². The number of nitrogen functional groups attached to an aromatic ring is 1. The minimum Gasteiger partial charge on any atom is -0.379 e. The number of nitrogens with one attached hydrogen (secondary N) is 1. The third-order valence-corrected chi connectivity index (χ3v) is 5.35. The van der Waals surface area contributed by atoms with Crippen LogP contribution in [-0.2, 0) is 4.74 Å². The predicted molar refractivity (Wildman–Crippen MR) is 109 cm³/mol. The zero-order valence-corrected chi connectivity index (χ0v) is 16.6. The Labute approximate surface area is 169 Å². The molecule has 8 heteroatoms. The van der Waals surface area contributed by atoms with Crippen LogP contribution in [0.5, 0.6) is 0 Å². The molecule has 1 aromatic heterocycles. The number of aryl methyl sites for hydroxylation is 1. The van der Waals surface area contributed by atoms with Crippen LogP contribution in [0.1, 0.15) is 46.9 Å². The molecule has 3 N–H and O–H groups in total. The predicted octanol–water partition coefficient (Wildman–Crippen LogP) is 2.88. The summed E-state index contributed by atoms with van der Waals surface area (Å²) in [5, 5.41) is 3.53. The van der Waals surface area contributed by atoms with Crippen molar-refractivity contribution in [2.75, 3.05) is 30.4 Å². The molecule has 1 aliphatic heterocycles. The van der Waals surface area contributed by atoms with Crippen LogP contribution in [0, 0.1) is 6.92 Å². The SMILES string of the molecule is Cc1cc(N2CCCOC[C@H]2c2ccc(C(=O)NC3CC3)cc2Cl)nc(N)n1. The van der Waals surface area contributed by atoms with Crippen LogP contribution in [0.2, 0.25) is 5.02 Å². The number of amides is 1. The molecule has 1 aliphatic carbocycles. The Bertz CT molecular complexity index is 867. The van der Waals surface area contributed by atoms with Crippen molar-refractivity contribution < 1.29 is 9.53 Å². The summed E-state index contributed by atoms with van der Waals surface area (Å²) in [6, 6.07) is 7.57. The fraction of sp³-hybridized carbons (Fsp3) is 0.450. The van der Waals surface area contributed by atoms with Crippen molar-refractivity contribution in [3.63, 3.8) is 0 Å². The van der Waals surface area contributed by atoms with Gasteiger partial charge in [0.2, 0.25) is 5.95 Å². The van der Waals surface area contributed by atoms with Crippen molar-refractivity contribution >= 4 is 29.3 Å². The number of benzene rings is 1. The van der Waals surface area contributed by atoms with E-state index in [1.807, 2.05) is 25.1 Å². The number of halogens is 1. The molecule has 2 aromatic rings. The Morgan fingerprint density at radius 2 is 2.14 bits per heavy atom. The number of anilines is 2. The lowest BCUT2D eigenvalue weighted by Gasteiger charge is -2.31. The van der Waals surface area contributed by atoms with Crippen LogP contribution in [-0.4, -0.2) is 41.7 Å². The number of hydrogen-bond acceptors (Lipinski definition) is 6. The van der Waals surface area contributed by atoms with Gasteiger partial charge in [0.25, 0.3) is 5.91 Å². The molecule has 7 nitrogen and oxygen atoms in total. The average Bonchev–Trinajstić information content (AvgIpc) is 3.47. The molecular weight excluding hydrogens is 378 g/mol. The van der Waals surface area contributed by atoms with E-state index in [0.29, 0.717) is 29.8 Å². The Morgan fingerprint density at radius 3 is 2.86 bits per heavy atom. The molecule has 148 valence electrons. The van der Waals surface area contributed by atoms with Crippen LogP contribution < -0.4 is 16.0 Å². The van der Waals surface area contributed by atoms with Crippen molar-refractivity contribution in [1.82, 2.24) is 15.3 Å². The van der Waals surface area contributed by atoms with E-state index >= 15 is 0 Å². The first-order chi connectivity index (χ1) is 13.5. The standard InChI is InChI=1S/C20H24ClN5O2/c1-12-9-18(25-20(22)23-12)26-7-2-8-28-11-17(26)15-6-3-13(10-16(15)21)19(27)24-14-4-5-14/h3,6,9-10,14,17H,2,4-5,7-8,11H2,1H3,(H,24,27)(H2,22,23,25)/t17-/m0/s1. The topological polar surface area (TPSA) is 93.4 Å². The first-order valence-electron chi connectivity index (χ1n) is 9.57. The number of rotatable bonds is 4. The number of nitrogens with zero attached hydrogens (tertiary/aromatic N) is 3. The molecule has 1 atom stereocenters. The van der Waals surface area contributed by atoms with Gasteiger partial charge < -0.3 is 20.7 Å². The second-order valence-electron chi connectivity index (χ2n) is 7.35. The molecular formula is C20H24ClN5O2. The molecule has 1 aromatic carbocycles. The molecule has 0 bridgehead atoms. The normalized spacial score (nSPS) is 19.9. The van der Waals surface area contributed by atoms with Crippen molar-refractivity contribution in [2.24, 2.45) is 0 Å². The minimum atomic E-state index is -0.121. The zero-order chi connectivity index (χ0) is 19.7. The van der Waals surface area contributed by atoms with E-state index < -0.39 is 0 Å². The first-order valence-corrected chi connectivity index (χ1v) is 9.95. The molecule has 1 saturated carbocycles. The van der Waals surface area contributed by atoms with E-state index in [-0.39, 0.29) is 17.9 Å². The summed E-state index contributed by atoms with van der Waals surface area (Å²) in [6.45, 7) is 3.81. The largest absolute Gasteiger partial charge is 0.379 e. The fourth-order valence-corrected chi connectivity index (χ4v) is 3.77. The van der Waals surface area contributed by atoms with E-state index in [1.165, 1.54) is 0 Å². The second kappa shape index (κ2) is 7.93. The third kappa shape index (κ3) is 4.20. The van der Waals surface area contributed by atoms with Gasteiger partial charge in [-0.25, -0.2) is 4.98 Å². The number of hydrogen-bond donors (Lipinski definition) is 2. The van der Waals surface area contributed by atoms with Crippen LogP contribution in [0.15, 0.2) is 24.3 Å². The number of nitrogens with two attached hydrogens (primary N) is 1. The van der Waals surface area contributed by atoms with Crippen LogP contribution in [0.3, 0.4) is 0 Å². The number of carbonyl (C=O) groups excluding carboxylic acids is 1. The second-order valence-corrected chi connectivity index (χ2v) is 7.75. The zero-order valence-electron chi connectivity index (χ0n) is 15.8. The minimum absolute atomic E-state index is 0.0795. The first kappa shape index (κ1) is 19.0. The highest BCUT2D eigenvalue weighted by molar-refractivity contribution is 6.31. The monoisotopic (exact) mass is 401 g/mol. The smallest absolute Gasteiger partial charge is 0.251 e. The molecule has 2 fully saturated rings. The van der Waals surface area contributed by atoms with Crippen molar-refractivity contribution in [3.8, 4) is 0 Å². The lowest BCUT2D eigenvalue weighted by molar-refractivity contribution is 0.0951. The number of aromatic nitrogens is 2. The molecule has 0 spiro atoms. The van der Waals surface area contributed by atoms with Crippen molar-refractivity contribution in [1.29, 1.82) is 0 Å². The lowest BCUT2D eigenvalue weighted by Crippen LogP contribution is -2.32. The van der Waals surface area contributed by atoms with Crippen LogP contribution in [0.25, 0.3) is 0 Å². The summed E-state index contributed by atoms with van der Waals surface area (Å²) in [4.78, 5) is 23.1. The molecule has 4 rings (SSSR count). The Hall–Kier alpha value is -2.38. The highest BCUT2D eigenvalue weighted by Gasteiger charge is 2.28.